The van der Waals surface area contributed by atoms with E-state index >= 15 is 0 Å². The number of methoxy groups -OCH3 is 1. The molecule has 18 heavy (non-hydrogen) atoms. The SMILES string of the molecule is COc1cccc(N(C)C2CCSC2)c1C(C)O. The number of benzene rings is 1. The van der Waals surface area contributed by atoms with Gasteiger partial charge in [-0.1, -0.05) is 6.07 Å². The predicted molar refractivity (Wildman–Crippen MR) is 77.8 cm³/mol. The maximum Gasteiger partial charge on any atom is 0.126 e. The molecule has 0 spiro atoms. The molecule has 1 saturated heterocycles. The van der Waals surface area contributed by atoms with Crippen LogP contribution in [-0.4, -0.2) is 36.8 Å². The van der Waals surface area contributed by atoms with Crippen LogP contribution in [-0.2, 0) is 0 Å². The van der Waals surface area contributed by atoms with E-state index < -0.39 is 6.10 Å². The lowest BCUT2D eigenvalue weighted by molar-refractivity contribution is 0.194. The van der Waals surface area contributed by atoms with Crippen LogP contribution in [0.15, 0.2) is 18.2 Å². The molecule has 2 unspecified atom stereocenters. The molecule has 1 aromatic carbocycles. The molecule has 100 valence electrons. The van der Waals surface area contributed by atoms with Crippen LogP contribution < -0.4 is 9.64 Å². The third-order valence-electron chi connectivity index (χ3n) is 3.51. The third-order valence-corrected chi connectivity index (χ3v) is 4.66. The summed E-state index contributed by atoms with van der Waals surface area (Å²) >= 11 is 1.99. The highest BCUT2D eigenvalue weighted by Crippen LogP contribution is 2.36. The van der Waals surface area contributed by atoms with Crippen molar-refractivity contribution < 1.29 is 9.84 Å². The number of hydrogen-bond acceptors (Lipinski definition) is 4. The largest absolute Gasteiger partial charge is 0.496 e. The summed E-state index contributed by atoms with van der Waals surface area (Å²) in [6.45, 7) is 1.79. The lowest BCUT2D eigenvalue weighted by atomic mass is 10.0. The van der Waals surface area contributed by atoms with E-state index in [0.29, 0.717) is 6.04 Å². The molecule has 2 rings (SSSR count). The Morgan fingerprint density at radius 1 is 1.50 bits per heavy atom. The van der Waals surface area contributed by atoms with Crippen molar-refractivity contribution in [1.29, 1.82) is 0 Å². The number of ether oxygens (including phenoxy) is 1. The van der Waals surface area contributed by atoms with Crippen molar-refractivity contribution in [3.05, 3.63) is 23.8 Å². The maximum absolute atomic E-state index is 10.00. The number of thioether (sulfide) groups is 1. The van der Waals surface area contributed by atoms with Crippen molar-refractivity contribution >= 4 is 17.4 Å². The normalized spacial score (nSPS) is 20.8. The molecule has 1 aliphatic rings. The Labute approximate surface area is 113 Å². The van der Waals surface area contributed by atoms with Gasteiger partial charge in [0.2, 0.25) is 0 Å². The molecular formula is C14H21NO2S. The maximum atomic E-state index is 10.00. The smallest absolute Gasteiger partial charge is 0.126 e. The Morgan fingerprint density at radius 2 is 2.28 bits per heavy atom. The van der Waals surface area contributed by atoms with Gasteiger partial charge in [0.05, 0.1) is 13.2 Å². The Balaban J connectivity index is 2.36. The van der Waals surface area contributed by atoms with Crippen LogP contribution in [0.4, 0.5) is 5.69 Å². The topological polar surface area (TPSA) is 32.7 Å². The van der Waals surface area contributed by atoms with Crippen LogP contribution in [0.5, 0.6) is 5.75 Å². The number of hydrogen-bond donors (Lipinski definition) is 1. The molecule has 0 saturated carbocycles. The average Bonchev–Trinajstić information content (AvgIpc) is 2.90. The summed E-state index contributed by atoms with van der Waals surface area (Å²) in [5, 5.41) is 10.00. The fraction of sp³-hybridized carbons (Fsp3) is 0.571. The molecule has 1 fully saturated rings. The highest BCUT2D eigenvalue weighted by molar-refractivity contribution is 7.99. The lowest BCUT2D eigenvalue weighted by Crippen LogP contribution is -2.32. The number of anilines is 1. The molecular weight excluding hydrogens is 246 g/mol. The first-order chi connectivity index (χ1) is 8.65. The van der Waals surface area contributed by atoms with E-state index in [4.69, 9.17) is 4.74 Å². The standard InChI is InChI=1S/C14H21NO2S/c1-10(16)14-12(5-4-6-13(14)17-3)15(2)11-7-8-18-9-11/h4-6,10-11,16H,7-9H2,1-3H3. The summed E-state index contributed by atoms with van der Waals surface area (Å²) in [7, 11) is 3.76. The number of aliphatic hydroxyl groups excluding tert-OH is 1. The number of nitrogens with zero attached hydrogens (tertiary/aromatic N) is 1. The van der Waals surface area contributed by atoms with Gasteiger partial charge in [0, 0.05) is 30.1 Å². The Kier molecular flexibility index (Phi) is 4.40. The van der Waals surface area contributed by atoms with Crippen LogP contribution in [0, 0.1) is 0 Å². The minimum absolute atomic E-state index is 0.521. The number of rotatable bonds is 4. The minimum atomic E-state index is -0.521. The molecule has 3 nitrogen and oxygen atoms in total. The second kappa shape index (κ2) is 5.85. The van der Waals surface area contributed by atoms with E-state index in [-0.39, 0.29) is 0 Å². The molecule has 0 aliphatic carbocycles. The van der Waals surface area contributed by atoms with Gasteiger partial charge in [-0.05, 0) is 31.2 Å². The van der Waals surface area contributed by atoms with Gasteiger partial charge in [-0.3, -0.25) is 0 Å². The van der Waals surface area contributed by atoms with Gasteiger partial charge < -0.3 is 14.7 Å². The van der Waals surface area contributed by atoms with Crippen LogP contribution in [0.25, 0.3) is 0 Å². The van der Waals surface area contributed by atoms with Crippen molar-refractivity contribution in [2.45, 2.75) is 25.5 Å². The first-order valence-electron chi connectivity index (χ1n) is 6.30. The Morgan fingerprint density at radius 3 is 2.83 bits per heavy atom. The van der Waals surface area contributed by atoms with Crippen molar-refractivity contribution in [2.75, 3.05) is 30.6 Å². The summed E-state index contributed by atoms with van der Waals surface area (Å²) in [5.74, 6) is 3.15. The van der Waals surface area contributed by atoms with E-state index in [1.165, 1.54) is 12.2 Å². The van der Waals surface area contributed by atoms with Crippen molar-refractivity contribution in [3.63, 3.8) is 0 Å². The predicted octanol–water partition coefficient (Wildman–Crippen LogP) is 2.69. The summed E-state index contributed by atoms with van der Waals surface area (Å²) < 4.78 is 5.37. The zero-order chi connectivity index (χ0) is 13.1. The quantitative estimate of drug-likeness (QED) is 0.909. The third kappa shape index (κ3) is 2.59. The summed E-state index contributed by atoms with van der Waals surface area (Å²) in [5.41, 5.74) is 1.97. The summed E-state index contributed by atoms with van der Waals surface area (Å²) in [4.78, 5) is 2.28. The van der Waals surface area contributed by atoms with Gasteiger partial charge in [-0.25, -0.2) is 0 Å². The van der Waals surface area contributed by atoms with Gasteiger partial charge in [-0.15, -0.1) is 0 Å². The highest BCUT2D eigenvalue weighted by Gasteiger charge is 2.24. The van der Waals surface area contributed by atoms with E-state index in [1.54, 1.807) is 14.0 Å². The van der Waals surface area contributed by atoms with Crippen molar-refractivity contribution in [1.82, 2.24) is 0 Å². The van der Waals surface area contributed by atoms with Gasteiger partial charge in [0.25, 0.3) is 0 Å². The van der Waals surface area contributed by atoms with Crippen LogP contribution in [0.2, 0.25) is 0 Å². The molecule has 4 heteroatoms. The first kappa shape index (κ1) is 13.6. The average molecular weight is 267 g/mol. The molecule has 0 radical (unpaired) electrons. The Bertz CT molecular complexity index is 403. The fourth-order valence-corrected chi connectivity index (χ4v) is 3.73. The number of aliphatic hydroxyl groups is 1. The Hall–Kier alpha value is -0.870. The zero-order valence-electron chi connectivity index (χ0n) is 11.2. The first-order valence-corrected chi connectivity index (χ1v) is 7.46. The molecule has 0 amide bonds. The van der Waals surface area contributed by atoms with Gasteiger partial charge in [0.1, 0.15) is 5.75 Å². The lowest BCUT2D eigenvalue weighted by Gasteiger charge is -2.29. The molecule has 0 aromatic heterocycles. The molecule has 2 atom stereocenters. The van der Waals surface area contributed by atoms with Crippen LogP contribution in [0.3, 0.4) is 0 Å². The van der Waals surface area contributed by atoms with Gasteiger partial charge >= 0.3 is 0 Å². The second-order valence-electron chi connectivity index (χ2n) is 4.70. The molecule has 1 N–H and O–H groups in total. The monoisotopic (exact) mass is 267 g/mol. The zero-order valence-corrected chi connectivity index (χ0v) is 12.0. The van der Waals surface area contributed by atoms with E-state index in [0.717, 1.165) is 22.8 Å². The van der Waals surface area contributed by atoms with E-state index in [9.17, 15) is 5.11 Å². The van der Waals surface area contributed by atoms with Gasteiger partial charge in [-0.2, -0.15) is 11.8 Å². The highest BCUT2D eigenvalue weighted by atomic mass is 32.2. The van der Waals surface area contributed by atoms with E-state index in [2.05, 4.69) is 18.0 Å². The van der Waals surface area contributed by atoms with Crippen molar-refractivity contribution in [3.8, 4) is 5.75 Å². The van der Waals surface area contributed by atoms with Gasteiger partial charge in [0.15, 0.2) is 0 Å². The summed E-state index contributed by atoms with van der Waals surface area (Å²) in [6, 6.07) is 6.51. The summed E-state index contributed by atoms with van der Waals surface area (Å²) in [6.07, 6.45) is 0.685. The molecule has 1 heterocycles. The van der Waals surface area contributed by atoms with Crippen LogP contribution in [0.1, 0.15) is 25.0 Å². The molecule has 0 bridgehead atoms. The van der Waals surface area contributed by atoms with Crippen LogP contribution >= 0.6 is 11.8 Å². The molecule has 1 aliphatic heterocycles. The second-order valence-corrected chi connectivity index (χ2v) is 5.85. The fourth-order valence-electron chi connectivity index (χ4n) is 2.46. The molecule has 1 aromatic rings. The van der Waals surface area contributed by atoms with E-state index in [1.807, 2.05) is 23.9 Å². The van der Waals surface area contributed by atoms with Crippen molar-refractivity contribution in [2.24, 2.45) is 0 Å². The minimum Gasteiger partial charge on any atom is -0.496 e.